The highest BCUT2D eigenvalue weighted by atomic mass is 79.9. The van der Waals surface area contributed by atoms with Gasteiger partial charge in [-0.05, 0) is 51.8 Å². The van der Waals surface area contributed by atoms with Crippen molar-refractivity contribution in [2.75, 3.05) is 18.4 Å². The van der Waals surface area contributed by atoms with Crippen LogP contribution in [-0.4, -0.2) is 35.7 Å². The van der Waals surface area contributed by atoms with Crippen molar-refractivity contribution in [3.05, 3.63) is 28.2 Å². The number of nitrogens with one attached hydrogen (secondary N) is 1. The van der Waals surface area contributed by atoms with Gasteiger partial charge in [0.05, 0.1) is 11.3 Å². The molecule has 1 aliphatic heterocycles. The molecule has 1 aliphatic rings. The van der Waals surface area contributed by atoms with Crippen LogP contribution in [0.1, 0.15) is 39.2 Å². The van der Waals surface area contributed by atoms with E-state index < -0.39 is 5.60 Å². The van der Waals surface area contributed by atoms with Crippen LogP contribution >= 0.6 is 15.9 Å². The minimum atomic E-state index is -0.490. The molecular weight excluding hydrogens is 358 g/mol. The first-order valence-corrected chi connectivity index (χ1v) is 8.52. The number of nitrogens with zero attached hydrogens (tertiary/aromatic N) is 2. The highest BCUT2D eigenvalue weighted by Gasteiger charge is 2.27. The molecule has 1 aromatic rings. The van der Waals surface area contributed by atoms with E-state index in [0.717, 1.165) is 23.0 Å². The molecule has 1 heterocycles. The summed E-state index contributed by atoms with van der Waals surface area (Å²) >= 11 is 3.42. The summed E-state index contributed by atoms with van der Waals surface area (Å²) in [5, 5.41) is 12.6. The third kappa shape index (κ3) is 5.14. The third-order valence-electron chi connectivity index (χ3n) is 3.53. The Kier molecular flexibility index (Phi) is 5.53. The molecule has 23 heavy (non-hydrogen) atoms. The van der Waals surface area contributed by atoms with Crippen molar-refractivity contribution in [2.24, 2.45) is 0 Å². The molecule has 0 aromatic heterocycles. The van der Waals surface area contributed by atoms with Gasteiger partial charge in [0.25, 0.3) is 0 Å². The molecule has 124 valence electrons. The zero-order valence-electron chi connectivity index (χ0n) is 13.7. The second kappa shape index (κ2) is 7.22. The number of carbonyl (C=O) groups is 1. The predicted molar refractivity (Wildman–Crippen MR) is 93.3 cm³/mol. The molecule has 0 saturated carbocycles. The average molecular weight is 380 g/mol. The number of piperidine rings is 1. The van der Waals surface area contributed by atoms with Crippen LogP contribution in [0.15, 0.2) is 22.7 Å². The Balaban J connectivity index is 2.03. The van der Waals surface area contributed by atoms with Gasteiger partial charge in [0.15, 0.2) is 0 Å². The minimum absolute atomic E-state index is 0.109. The molecule has 0 bridgehead atoms. The normalized spacial score (nSPS) is 18.2. The van der Waals surface area contributed by atoms with Crippen molar-refractivity contribution < 1.29 is 9.53 Å². The van der Waals surface area contributed by atoms with Gasteiger partial charge in [-0.25, -0.2) is 4.79 Å². The summed E-state index contributed by atoms with van der Waals surface area (Å²) in [6.07, 6.45) is 1.59. The van der Waals surface area contributed by atoms with Gasteiger partial charge < -0.3 is 15.0 Å². The second-order valence-corrected chi connectivity index (χ2v) is 7.63. The molecule has 2 rings (SSSR count). The number of nitriles is 1. The van der Waals surface area contributed by atoms with Gasteiger partial charge in [-0.1, -0.05) is 15.9 Å². The van der Waals surface area contributed by atoms with Crippen LogP contribution in [0.25, 0.3) is 0 Å². The van der Waals surface area contributed by atoms with Crippen molar-refractivity contribution in [1.29, 1.82) is 5.26 Å². The van der Waals surface area contributed by atoms with Crippen LogP contribution in [0.3, 0.4) is 0 Å². The maximum Gasteiger partial charge on any atom is 0.410 e. The molecule has 1 unspecified atom stereocenters. The van der Waals surface area contributed by atoms with Crippen LogP contribution in [0.5, 0.6) is 0 Å². The molecule has 0 radical (unpaired) electrons. The number of rotatable bonds is 2. The Bertz CT molecular complexity index is 619. The number of likely N-dealkylation sites (tertiary alicyclic amines) is 1. The van der Waals surface area contributed by atoms with E-state index in [4.69, 9.17) is 4.74 Å². The number of amides is 1. The molecule has 0 spiro atoms. The Hall–Kier alpha value is -1.74. The van der Waals surface area contributed by atoms with Gasteiger partial charge in [-0.15, -0.1) is 0 Å². The van der Waals surface area contributed by atoms with Crippen LogP contribution < -0.4 is 5.32 Å². The fraction of sp³-hybridized carbons (Fsp3) is 0.529. The number of ether oxygens (including phenoxy) is 1. The van der Waals surface area contributed by atoms with Gasteiger partial charge in [0, 0.05) is 23.6 Å². The lowest BCUT2D eigenvalue weighted by Crippen LogP contribution is -2.47. The van der Waals surface area contributed by atoms with Crippen LogP contribution in [0, 0.1) is 11.3 Å². The summed E-state index contributed by atoms with van der Waals surface area (Å²) in [4.78, 5) is 13.9. The Morgan fingerprint density at radius 1 is 1.48 bits per heavy atom. The summed E-state index contributed by atoms with van der Waals surface area (Å²) in [5.74, 6) is 0. The van der Waals surface area contributed by atoms with Crippen molar-refractivity contribution >= 4 is 27.7 Å². The van der Waals surface area contributed by atoms with Gasteiger partial charge in [0.2, 0.25) is 0 Å². The number of hydrogen-bond acceptors (Lipinski definition) is 4. The number of carbonyl (C=O) groups excluding carboxylic acids is 1. The quantitative estimate of drug-likeness (QED) is 0.838. The summed E-state index contributed by atoms with van der Waals surface area (Å²) in [6, 6.07) is 7.82. The standard InChI is InChI=1S/C17H22BrN3O2/c1-17(2,3)23-16(22)21-8-4-5-14(11-21)20-15-9-13(18)7-6-12(15)10-19/h6-7,9,14,20H,4-5,8,11H2,1-3H3. The fourth-order valence-corrected chi connectivity index (χ4v) is 2.90. The molecule has 6 heteroatoms. The van der Waals surface area contributed by atoms with E-state index in [1.165, 1.54) is 0 Å². The number of benzene rings is 1. The monoisotopic (exact) mass is 379 g/mol. The van der Waals surface area contributed by atoms with Gasteiger partial charge in [0.1, 0.15) is 11.7 Å². The summed E-state index contributed by atoms with van der Waals surface area (Å²) in [6.45, 7) is 6.88. The van der Waals surface area contributed by atoms with Crippen molar-refractivity contribution in [2.45, 2.75) is 45.3 Å². The topological polar surface area (TPSA) is 65.4 Å². The van der Waals surface area contributed by atoms with Crippen LogP contribution in [-0.2, 0) is 4.74 Å². The third-order valence-corrected chi connectivity index (χ3v) is 4.03. The van der Waals surface area contributed by atoms with E-state index in [9.17, 15) is 10.1 Å². The largest absolute Gasteiger partial charge is 0.444 e. The predicted octanol–water partition coefficient (Wildman–Crippen LogP) is 4.13. The minimum Gasteiger partial charge on any atom is -0.444 e. The molecule has 1 atom stereocenters. The first-order valence-electron chi connectivity index (χ1n) is 7.72. The van der Waals surface area contributed by atoms with E-state index >= 15 is 0 Å². The Labute approximate surface area is 145 Å². The molecule has 1 fully saturated rings. The molecule has 1 N–H and O–H groups in total. The van der Waals surface area contributed by atoms with Crippen LogP contribution in [0.4, 0.5) is 10.5 Å². The molecule has 1 saturated heterocycles. The first-order chi connectivity index (χ1) is 10.8. The maximum absolute atomic E-state index is 12.2. The zero-order chi connectivity index (χ0) is 17.0. The fourth-order valence-electron chi connectivity index (χ4n) is 2.54. The summed E-state index contributed by atoms with van der Waals surface area (Å²) in [5.41, 5.74) is 0.899. The van der Waals surface area contributed by atoms with E-state index in [1.807, 2.05) is 32.9 Å². The lowest BCUT2D eigenvalue weighted by molar-refractivity contribution is 0.0206. The van der Waals surface area contributed by atoms with Crippen molar-refractivity contribution in [3.8, 4) is 6.07 Å². The number of halogens is 1. The molecule has 0 aliphatic carbocycles. The highest BCUT2D eigenvalue weighted by molar-refractivity contribution is 9.10. The Morgan fingerprint density at radius 2 is 2.22 bits per heavy atom. The zero-order valence-corrected chi connectivity index (χ0v) is 15.3. The lowest BCUT2D eigenvalue weighted by atomic mass is 10.0. The van der Waals surface area contributed by atoms with Crippen molar-refractivity contribution in [3.63, 3.8) is 0 Å². The van der Waals surface area contributed by atoms with Crippen LogP contribution in [0.2, 0.25) is 0 Å². The van der Waals surface area contributed by atoms with E-state index in [-0.39, 0.29) is 12.1 Å². The number of anilines is 1. The average Bonchev–Trinajstić information content (AvgIpc) is 2.46. The van der Waals surface area contributed by atoms with Gasteiger partial charge in [-0.3, -0.25) is 0 Å². The molecule has 5 nitrogen and oxygen atoms in total. The van der Waals surface area contributed by atoms with Gasteiger partial charge >= 0.3 is 6.09 Å². The van der Waals surface area contributed by atoms with E-state index in [2.05, 4.69) is 27.3 Å². The Morgan fingerprint density at radius 3 is 2.87 bits per heavy atom. The van der Waals surface area contributed by atoms with E-state index in [1.54, 1.807) is 11.0 Å². The smallest absolute Gasteiger partial charge is 0.410 e. The summed E-state index contributed by atoms with van der Waals surface area (Å²) < 4.78 is 6.35. The summed E-state index contributed by atoms with van der Waals surface area (Å²) in [7, 11) is 0. The second-order valence-electron chi connectivity index (χ2n) is 6.71. The lowest BCUT2D eigenvalue weighted by Gasteiger charge is -2.35. The highest BCUT2D eigenvalue weighted by Crippen LogP contribution is 2.24. The molecule has 1 amide bonds. The molecular formula is C17H22BrN3O2. The maximum atomic E-state index is 12.2. The van der Waals surface area contributed by atoms with Crippen molar-refractivity contribution in [1.82, 2.24) is 4.90 Å². The molecule has 1 aromatic carbocycles. The van der Waals surface area contributed by atoms with Gasteiger partial charge in [-0.2, -0.15) is 5.26 Å². The number of hydrogen-bond donors (Lipinski definition) is 1. The first kappa shape index (κ1) is 17.6. The SMILES string of the molecule is CC(C)(C)OC(=O)N1CCCC(Nc2cc(Br)ccc2C#N)C1. The van der Waals surface area contributed by atoms with E-state index in [0.29, 0.717) is 18.7 Å².